The first-order valence-electron chi connectivity index (χ1n) is 10.4. The third kappa shape index (κ3) is 4.68. The zero-order valence-corrected chi connectivity index (χ0v) is 18.9. The fraction of sp³-hybridized carbons (Fsp3) is 0.304. The predicted octanol–water partition coefficient (Wildman–Crippen LogP) is 2.98. The average Bonchev–Trinajstić information content (AvgIpc) is 3.30. The average molecular weight is 455 g/mol. The second-order valence-electron chi connectivity index (χ2n) is 7.86. The van der Waals surface area contributed by atoms with E-state index in [9.17, 15) is 13.2 Å². The molecule has 0 bridgehead atoms. The number of sulfonamides is 1. The van der Waals surface area contributed by atoms with Crippen LogP contribution < -0.4 is 10.1 Å². The number of aromatic amines is 1. The Kier molecular flexibility index (Phi) is 6.29. The number of carbonyl (C=O) groups is 1. The van der Waals surface area contributed by atoms with Crippen molar-refractivity contribution in [3.05, 3.63) is 65.9 Å². The first-order valence-corrected chi connectivity index (χ1v) is 11.9. The molecule has 0 saturated carbocycles. The minimum atomic E-state index is -3.57. The number of aromatic nitrogens is 2. The van der Waals surface area contributed by atoms with Crippen molar-refractivity contribution in [3.63, 3.8) is 0 Å². The van der Waals surface area contributed by atoms with E-state index < -0.39 is 10.0 Å². The number of aryl methyl sites for hydroxylation is 1. The number of piperidine rings is 1. The van der Waals surface area contributed by atoms with Crippen LogP contribution in [0.1, 0.15) is 28.9 Å². The van der Waals surface area contributed by atoms with Gasteiger partial charge in [0.25, 0.3) is 5.91 Å². The number of ether oxygens (including phenoxy) is 1. The number of hydrogen-bond acceptors (Lipinski definition) is 5. The van der Waals surface area contributed by atoms with Crippen molar-refractivity contribution in [3.8, 4) is 17.0 Å². The van der Waals surface area contributed by atoms with Crippen molar-refractivity contribution in [1.29, 1.82) is 0 Å². The molecule has 168 valence electrons. The Morgan fingerprint density at radius 3 is 2.38 bits per heavy atom. The smallest absolute Gasteiger partial charge is 0.269 e. The van der Waals surface area contributed by atoms with E-state index in [1.807, 2.05) is 31.2 Å². The second-order valence-corrected chi connectivity index (χ2v) is 9.80. The lowest BCUT2D eigenvalue weighted by molar-refractivity contribution is 0.0918. The van der Waals surface area contributed by atoms with Crippen LogP contribution in [0.2, 0.25) is 0 Å². The van der Waals surface area contributed by atoms with E-state index in [-0.39, 0.29) is 16.8 Å². The summed E-state index contributed by atoms with van der Waals surface area (Å²) >= 11 is 0. The second kappa shape index (κ2) is 9.13. The molecule has 2 aromatic carbocycles. The number of H-pyrrole nitrogens is 1. The van der Waals surface area contributed by atoms with Gasteiger partial charge in [0.15, 0.2) is 0 Å². The topological polar surface area (TPSA) is 104 Å². The van der Waals surface area contributed by atoms with Gasteiger partial charge in [0.1, 0.15) is 11.4 Å². The Morgan fingerprint density at radius 1 is 1.09 bits per heavy atom. The van der Waals surface area contributed by atoms with Crippen molar-refractivity contribution in [2.75, 3.05) is 20.2 Å². The van der Waals surface area contributed by atoms with Crippen LogP contribution >= 0.6 is 0 Å². The quantitative estimate of drug-likeness (QED) is 0.596. The van der Waals surface area contributed by atoms with E-state index in [0.717, 1.165) is 11.1 Å². The van der Waals surface area contributed by atoms with Gasteiger partial charge >= 0.3 is 0 Å². The number of carbonyl (C=O) groups excluding carboxylic acids is 1. The molecule has 0 atom stereocenters. The van der Waals surface area contributed by atoms with Crippen molar-refractivity contribution >= 4 is 15.9 Å². The maximum atomic E-state index is 12.9. The van der Waals surface area contributed by atoms with Gasteiger partial charge in [-0.3, -0.25) is 9.89 Å². The van der Waals surface area contributed by atoms with E-state index in [2.05, 4.69) is 15.5 Å². The molecular formula is C23H26N4O4S. The highest BCUT2D eigenvalue weighted by Crippen LogP contribution is 2.23. The SMILES string of the molecule is COc1ccc(S(=O)(=O)N2CCC(NC(=O)c3cc(-c4ccc(C)cc4)n[nH]3)CC2)cc1. The van der Waals surface area contributed by atoms with Crippen LogP contribution in [0.3, 0.4) is 0 Å². The lowest BCUT2D eigenvalue weighted by atomic mass is 10.1. The van der Waals surface area contributed by atoms with E-state index in [1.54, 1.807) is 30.3 Å². The van der Waals surface area contributed by atoms with Crippen LogP contribution in [0.4, 0.5) is 0 Å². The van der Waals surface area contributed by atoms with Crippen molar-refractivity contribution < 1.29 is 17.9 Å². The fourth-order valence-electron chi connectivity index (χ4n) is 3.71. The number of nitrogens with zero attached hydrogens (tertiary/aromatic N) is 2. The Balaban J connectivity index is 1.34. The molecule has 32 heavy (non-hydrogen) atoms. The molecule has 8 nitrogen and oxygen atoms in total. The standard InChI is InChI=1S/C23H26N4O4S/c1-16-3-5-17(6-4-16)21-15-22(26-25-21)23(28)24-18-11-13-27(14-12-18)32(29,30)20-9-7-19(31-2)8-10-20/h3-10,15,18H,11-14H2,1-2H3,(H,24,28)(H,25,26). The van der Waals surface area contributed by atoms with Crippen LogP contribution in [-0.2, 0) is 10.0 Å². The zero-order chi connectivity index (χ0) is 22.7. The predicted molar refractivity (Wildman–Crippen MR) is 121 cm³/mol. The Hall–Kier alpha value is -3.17. The summed E-state index contributed by atoms with van der Waals surface area (Å²) in [7, 11) is -2.04. The monoisotopic (exact) mass is 454 g/mol. The molecule has 0 aliphatic carbocycles. The first-order chi connectivity index (χ1) is 15.4. The molecule has 1 aromatic heterocycles. The highest BCUT2D eigenvalue weighted by Gasteiger charge is 2.30. The molecule has 2 N–H and O–H groups in total. The highest BCUT2D eigenvalue weighted by molar-refractivity contribution is 7.89. The molecule has 4 rings (SSSR count). The molecule has 3 aromatic rings. The van der Waals surface area contributed by atoms with Crippen molar-refractivity contribution in [2.45, 2.75) is 30.7 Å². The summed E-state index contributed by atoms with van der Waals surface area (Å²) in [5, 5.41) is 10.0. The van der Waals surface area contributed by atoms with Crippen LogP contribution in [0.25, 0.3) is 11.3 Å². The summed E-state index contributed by atoms with van der Waals surface area (Å²) in [5.74, 6) is 0.363. The summed E-state index contributed by atoms with van der Waals surface area (Å²) < 4.78 is 32.3. The van der Waals surface area contributed by atoms with Crippen LogP contribution in [0, 0.1) is 6.92 Å². The molecule has 1 aliphatic heterocycles. The highest BCUT2D eigenvalue weighted by atomic mass is 32.2. The Labute approximate surface area is 187 Å². The minimum absolute atomic E-state index is 0.101. The van der Waals surface area contributed by atoms with Crippen LogP contribution in [0.15, 0.2) is 59.5 Å². The third-order valence-corrected chi connectivity index (χ3v) is 7.57. The van der Waals surface area contributed by atoms with Gasteiger partial charge in [0, 0.05) is 24.7 Å². The number of rotatable bonds is 6. The number of benzene rings is 2. The zero-order valence-electron chi connectivity index (χ0n) is 18.0. The molecule has 0 unspecified atom stereocenters. The largest absolute Gasteiger partial charge is 0.497 e. The molecule has 1 saturated heterocycles. The van der Waals surface area contributed by atoms with Crippen LogP contribution in [0.5, 0.6) is 5.75 Å². The summed E-state index contributed by atoms with van der Waals surface area (Å²) in [6, 6.07) is 15.9. The van der Waals surface area contributed by atoms with Gasteiger partial charge < -0.3 is 10.1 Å². The van der Waals surface area contributed by atoms with Crippen LogP contribution in [-0.4, -0.2) is 55.1 Å². The maximum absolute atomic E-state index is 12.9. The molecule has 1 fully saturated rings. The van der Waals surface area contributed by atoms with Crippen molar-refractivity contribution in [2.24, 2.45) is 0 Å². The van der Waals surface area contributed by atoms with Gasteiger partial charge in [0.2, 0.25) is 10.0 Å². The maximum Gasteiger partial charge on any atom is 0.269 e. The minimum Gasteiger partial charge on any atom is -0.497 e. The summed E-state index contributed by atoms with van der Waals surface area (Å²) in [6.45, 7) is 2.70. The Morgan fingerprint density at radius 2 is 1.75 bits per heavy atom. The van der Waals surface area contributed by atoms with E-state index in [4.69, 9.17) is 4.74 Å². The van der Waals surface area contributed by atoms with Gasteiger partial charge in [0.05, 0.1) is 17.7 Å². The summed E-state index contributed by atoms with van der Waals surface area (Å²) in [5.41, 5.74) is 3.18. The molecule has 0 spiro atoms. The molecule has 1 amide bonds. The number of amides is 1. The lowest BCUT2D eigenvalue weighted by Crippen LogP contribution is -2.46. The molecule has 2 heterocycles. The molecule has 1 aliphatic rings. The molecule has 0 radical (unpaired) electrons. The van der Waals surface area contributed by atoms with Gasteiger partial charge in [-0.15, -0.1) is 0 Å². The summed E-state index contributed by atoms with van der Waals surface area (Å²) in [6.07, 6.45) is 1.08. The third-order valence-electron chi connectivity index (χ3n) is 5.66. The molecule has 9 heteroatoms. The number of methoxy groups -OCH3 is 1. The number of nitrogens with one attached hydrogen (secondary N) is 2. The van der Waals surface area contributed by atoms with Gasteiger partial charge in [-0.1, -0.05) is 29.8 Å². The normalized spacial score (nSPS) is 15.4. The van der Waals surface area contributed by atoms with E-state index in [1.165, 1.54) is 11.4 Å². The van der Waals surface area contributed by atoms with Gasteiger partial charge in [-0.2, -0.15) is 9.40 Å². The van der Waals surface area contributed by atoms with Crippen molar-refractivity contribution in [1.82, 2.24) is 19.8 Å². The number of hydrogen-bond donors (Lipinski definition) is 2. The van der Waals surface area contributed by atoms with E-state index in [0.29, 0.717) is 43.1 Å². The summed E-state index contributed by atoms with van der Waals surface area (Å²) in [4.78, 5) is 12.9. The first kappa shape index (κ1) is 22.0. The van der Waals surface area contributed by atoms with Gasteiger partial charge in [-0.25, -0.2) is 8.42 Å². The molecular weight excluding hydrogens is 428 g/mol. The fourth-order valence-corrected chi connectivity index (χ4v) is 5.18. The lowest BCUT2D eigenvalue weighted by Gasteiger charge is -2.31. The van der Waals surface area contributed by atoms with E-state index >= 15 is 0 Å². The Bertz CT molecular complexity index is 1180. The van der Waals surface area contributed by atoms with Gasteiger partial charge in [-0.05, 0) is 50.1 Å².